The van der Waals surface area contributed by atoms with Crippen LogP contribution in [0, 0.1) is 5.82 Å². The fourth-order valence-electron chi connectivity index (χ4n) is 2.67. The first-order valence-corrected chi connectivity index (χ1v) is 8.43. The van der Waals surface area contributed by atoms with Crippen LogP contribution in [0.15, 0.2) is 30.3 Å². The zero-order chi connectivity index (χ0) is 16.2. The van der Waals surface area contributed by atoms with Crippen molar-refractivity contribution in [3.05, 3.63) is 57.0 Å². The Balaban J connectivity index is 1.64. The van der Waals surface area contributed by atoms with Crippen LogP contribution in [-0.2, 0) is 12.8 Å². The number of amides is 2. The quantitative estimate of drug-likeness (QED) is 0.655. The SMILES string of the molecule is O=C(NNC(=O)c1ccccc1F)c1cc2c(s1)CCCCC2. The van der Waals surface area contributed by atoms with E-state index in [-0.39, 0.29) is 11.5 Å². The maximum Gasteiger partial charge on any atom is 0.279 e. The summed E-state index contributed by atoms with van der Waals surface area (Å²) in [7, 11) is 0. The third-order valence-corrected chi connectivity index (χ3v) is 5.11. The van der Waals surface area contributed by atoms with E-state index in [1.807, 2.05) is 6.07 Å². The topological polar surface area (TPSA) is 58.2 Å². The van der Waals surface area contributed by atoms with Crippen molar-refractivity contribution in [3.8, 4) is 0 Å². The van der Waals surface area contributed by atoms with Gasteiger partial charge in [-0.2, -0.15) is 0 Å². The van der Waals surface area contributed by atoms with E-state index in [0.717, 1.165) is 25.7 Å². The fraction of sp³-hybridized carbons (Fsp3) is 0.294. The molecule has 23 heavy (non-hydrogen) atoms. The highest BCUT2D eigenvalue weighted by molar-refractivity contribution is 7.14. The molecule has 0 spiro atoms. The van der Waals surface area contributed by atoms with Crippen molar-refractivity contribution in [2.75, 3.05) is 0 Å². The second-order valence-electron chi connectivity index (χ2n) is 5.51. The van der Waals surface area contributed by atoms with E-state index in [1.165, 1.54) is 46.4 Å². The van der Waals surface area contributed by atoms with Gasteiger partial charge >= 0.3 is 0 Å². The molecular formula is C17H17FN2O2S. The molecule has 0 saturated carbocycles. The molecule has 0 saturated heterocycles. The van der Waals surface area contributed by atoms with Crippen LogP contribution in [0.2, 0.25) is 0 Å². The first-order valence-electron chi connectivity index (χ1n) is 7.62. The average Bonchev–Trinajstić information content (AvgIpc) is 2.84. The van der Waals surface area contributed by atoms with Gasteiger partial charge in [0.15, 0.2) is 0 Å². The molecule has 1 aliphatic carbocycles. The maximum atomic E-state index is 13.5. The lowest BCUT2D eigenvalue weighted by Gasteiger charge is -2.06. The summed E-state index contributed by atoms with van der Waals surface area (Å²) in [6, 6.07) is 7.53. The number of thiophene rings is 1. The zero-order valence-corrected chi connectivity index (χ0v) is 13.3. The van der Waals surface area contributed by atoms with Gasteiger partial charge < -0.3 is 0 Å². The molecule has 2 amide bonds. The summed E-state index contributed by atoms with van der Waals surface area (Å²) < 4.78 is 13.5. The van der Waals surface area contributed by atoms with Crippen molar-refractivity contribution in [2.24, 2.45) is 0 Å². The molecule has 1 heterocycles. The Hall–Kier alpha value is -2.21. The molecule has 2 aromatic rings. The molecular weight excluding hydrogens is 315 g/mol. The van der Waals surface area contributed by atoms with Crippen LogP contribution < -0.4 is 10.9 Å². The van der Waals surface area contributed by atoms with Gasteiger partial charge in [-0.3, -0.25) is 20.4 Å². The van der Waals surface area contributed by atoms with Crippen molar-refractivity contribution >= 4 is 23.2 Å². The molecule has 120 valence electrons. The van der Waals surface area contributed by atoms with Gasteiger partial charge in [0, 0.05) is 4.88 Å². The van der Waals surface area contributed by atoms with Crippen molar-refractivity contribution in [1.82, 2.24) is 10.9 Å². The Morgan fingerprint density at radius 3 is 2.57 bits per heavy atom. The monoisotopic (exact) mass is 332 g/mol. The number of hydrogen-bond donors (Lipinski definition) is 2. The van der Waals surface area contributed by atoms with Crippen LogP contribution in [0.5, 0.6) is 0 Å². The number of fused-ring (bicyclic) bond motifs is 1. The molecule has 1 aromatic heterocycles. The largest absolute Gasteiger partial charge is 0.279 e. The first-order chi connectivity index (χ1) is 11.1. The summed E-state index contributed by atoms with van der Waals surface area (Å²) in [5.74, 6) is -1.66. The number of rotatable bonds is 2. The van der Waals surface area contributed by atoms with E-state index >= 15 is 0 Å². The average molecular weight is 332 g/mol. The number of nitrogens with one attached hydrogen (secondary N) is 2. The molecule has 0 aliphatic heterocycles. The second kappa shape index (κ2) is 6.91. The molecule has 3 rings (SSSR count). The molecule has 0 atom stereocenters. The van der Waals surface area contributed by atoms with Gasteiger partial charge in [-0.1, -0.05) is 18.6 Å². The Morgan fingerprint density at radius 1 is 1.00 bits per heavy atom. The first kappa shape index (κ1) is 15.7. The number of benzene rings is 1. The van der Waals surface area contributed by atoms with Crippen LogP contribution in [0.4, 0.5) is 4.39 Å². The molecule has 1 aromatic carbocycles. The molecule has 4 nitrogen and oxygen atoms in total. The summed E-state index contributed by atoms with van der Waals surface area (Å²) in [6.07, 6.45) is 5.53. The highest BCUT2D eigenvalue weighted by Gasteiger charge is 2.17. The van der Waals surface area contributed by atoms with Crippen molar-refractivity contribution in [2.45, 2.75) is 32.1 Å². The molecule has 2 N–H and O–H groups in total. The van der Waals surface area contributed by atoms with Crippen LogP contribution in [-0.4, -0.2) is 11.8 Å². The fourth-order valence-corrected chi connectivity index (χ4v) is 3.82. The number of carbonyl (C=O) groups is 2. The molecule has 0 bridgehead atoms. The summed E-state index contributed by atoms with van der Waals surface area (Å²) in [6.45, 7) is 0. The number of carbonyl (C=O) groups excluding carboxylic acids is 2. The Kier molecular flexibility index (Phi) is 4.71. The van der Waals surface area contributed by atoms with Gasteiger partial charge in [-0.05, 0) is 49.4 Å². The molecule has 6 heteroatoms. The summed E-state index contributed by atoms with van der Waals surface area (Å²) in [5.41, 5.74) is 5.75. The van der Waals surface area contributed by atoms with Crippen LogP contribution in [0.1, 0.15) is 49.7 Å². The number of hydrazine groups is 1. The van der Waals surface area contributed by atoms with E-state index in [1.54, 1.807) is 6.07 Å². The molecule has 0 radical (unpaired) electrons. The Labute approximate surface area is 137 Å². The van der Waals surface area contributed by atoms with Gasteiger partial charge in [0.1, 0.15) is 5.82 Å². The van der Waals surface area contributed by atoms with E-state index in [2.05, 4.69) is 10.9 Å². The smallest absolute Gasteiger partial charge is 0.267 e. The predicted octanol–water partition coefficient (Wildman–Crippen LogP) is 3.23. The minimum absolute atomic E-state index is 0.102. The van der Waals surface area contributed by atoms with Crippen LogP contribution in [0.3, 0.4) is 0 Å². The molecule has 1 aliphatic rings. The highest BCUT2D eigenvalue weighted by atomic mass is 32.1. The number of aryl methyl sites for hydroxylation is 2. The van der Waals surface area contributed by atoms with Gasteiger partial charge in [0.2, 0.25) is 0 Å². The lowest BCUT2D eigenvalue weighted by molar-refractivity contribution is 0.0846. The summed E-state index contributed by atoms with van der Waals surface area (Å²) >= 11 is 1.47. The van der Waals surface area contributed by atoms with E-state index in [9.17, 15) is 14.0 Å². The molecule has 0 fully saturated rings. The standard InChI is InChI=1S/C17H17FN2O2S/c18-13-8-5-4-7-12(13)16(21)19-20-17(22)15-10-11-6-2-1-3-9-14(11)23-15/h4-5,7-8,10H,1-3,6,9H2,(H,19,21)(H,20,22). The third-order valence-electron chi connectivity index (χ3n) is 3.88. The maximum absolute atomic E-state index is 13.5. The van der Waals surface area contributed by atoms with Gasteiger partial charge in [0.05, 0.1) is 10.4 Å². The normalized spacial score (nSPS) is 13.8. The lowest BCUT2D eigenvalue weighted by Crippen LogP contribution is -2.41. The van der Waals surface area contributed by atoms with Crippen LogP contribution >= 0.6 is 11.3 Å². The molecule has 0 unspecified atom stereocenters. The van der Waals surface area contributed by atoms with Crippen LogP contribution in [0.25, 0.3) is 0 Å². The van der Waals surface area contributed by atoms with Crippen molar-refractivity contribution in [3.63, 3.8) is 0 Å². The Morgan fingerprint density at radius 2 is 1.74 bits per heavy atom. The predicted molar refractivity (Wildman–Crippen MR) is 86.9 cm³/mol. The van der Waals surface area contributed by atoms with Crippen molar-refractivity contribution < 1.29 is 14.0 Å². The summed E-state index contributed by atoms with van der Waals surface area (Å²) in [5, 5.41) is 0. The summed E-state index contributed by atoms with van der Waals surface area (Å²) in [4.78, 5) is 25.9. The number of halogens is 1. The van der Waals surface area contributed by atoms with Gasteiger partial charge in [0.25, 0.3) is 11.8 Å². The highest BCUT2D eigenvalue weighted by Crippen LogP contribution is 2.28. The van der Waals surface area contributed by atoms with Gasteiger partial charge in [-0.25, -0.2) is 4.39 Å². The van der Waals surface area contributed by atoms with E-state index in [4.69, 9.17) is 0 Å². The van der Waals surface area contributed by atoms with E-state index < -0.39 is 11.7 Å². The van der Waals surface area contributed by atoms with E-state index in [0.29, 0.717) is 4.88 Å². The number of hydrogen-bond acceptors (Lipinski definition) is 3. The minimum Gasteiger partial charge on any atom is -0.267 e. The third kappa shape index (κ3) is 3.59. The Bertz CT molecular complexity index is 718. The van der Waals surface area contributed by atoms with Gasteiger partial charge in [-0.15, -0.1) is 11.3 Å². The van der Waals surface area contributed by atoms with Crippen molar-refractivity contribution in [1.29, 1.82) is 0 Å². The lowest BCUT2D eigenvalue weighted by atomic mass is 10.1. The second-order valence-corrected chi connectivity index (χ2v) is 6.64. The zero-order valence-electron chi connectivity index (χ0n) is 12.5. The minimum atomic E-state index is -0.672.